The monoisotopic (exact) mass is 517 g/mol. The zero-order valence-electron chi connectivity index (χ0n) is 21.4. The summed E-state index contributed by atoms with van der Waals surface area (Å²) in [5.74, 6) is 0.753. The van der Waals surface area contributed by atoms with Crippen LogP contribution in [0.5, 0.6) is 5.88 Å². The van der Waals surface area contributed by atoms with Crippen LogP contribution < -0.4 is 10.1 Å². The van der Waals surface area contributed by atoms with Gasteiger partial charge in [0, 0.05) is 31.5 Å². The molecule has 1 saturated heterocycles. The van der Waals surface area contributed by atoms with Crippen molar-refractivity contribution in [3.05, 3.63) is 40.0 Å². The number of amides is 1. The van der Waals surface area contributed by atoms with Crippen molar-refractivity contribution in [1.29, 1.82) is 0 Å². The van der Waals surface area contributed by atoms with E-state index in [1.165, 1.54) is 16.9 Å². The van der Waals surface area contributed by atoms with Gasteiger partial charge in [-0.3, -0.25) is 10.1 Å². The molecular weight excluding hydrogens is 485 g/mol. The quantitative estimate of drug-likeness (QED) is 0.424. The summed E-state index contributed by atoms with van der Waals surface area (Å²) >= 11 is 0. The van der Waals surface area contributed by atoms with Crippen molar-refractivity contribution in [2.45, 2.75) is 77.7 Å². The Balaban J connectivity index is 1.48. The van der Waals surface area contributed by atoms with E-state index in [9.17, 15) is 19.3 Å². The highest BCUT2D eigenvalue weighted by molar-refractivity contribution is 5.87. The molecule has 2 aliphatic rings. The first-order valence-corrected chi connectivity index (χ1v) is 12.3. The molecule has 0 unspecified atom stereocenters. The SMILES string of the molecule is C[C@@H](CCNC(=O)OC(C)(C)C)Oc1ncc(F)cc1[C@H]1CCCN1C1=Nc2c([N+](=O)[O-])cnn2CC1. The number of aliphatic imine (C=N–C) groups is 1. The van der Waals surface area contributed by atoms with Gasteiger partial charge in [-0.05, 0) is 46.6 Å². The first-order valence-electron chi connectivity index (χ1n) is 12.3. The van der Waals surface area contributed by atoms with E-state index in [4.69, 9.17) is 9.47 Å². The lowest BCUT2D eigenvalue weighted by Crippen LogP contribution is -2.34. The number of amidine groups is 1. The Kier molecular flexibility index (Phi) is 7.60. The van der Waals surface area contributed by atoms with Crippen LogP contribution in [-0.2, 0) is 11.3 Å². The number of rotatable bonds is 7. The van der Waals surface area contributed by atoms with Gasteiger partial charge in [0.05, 0.1) is 29.8 Å². The number of nitro groups is 1. The number of alkyl carbamates (subject to hydrolysis) is 1. The average Bonchev–Trinajstić information content (AvgIpc) is 3.45. The zero-order chi connectivity index (χ0) is 26.7. The van der Waals surface area contributed by atoms with Crippen LogP contribution in [0.1, 0.15) is 65.0 Å². The summed E-state index contributed by atoms with van der Waals surface area (Å²) in [4.78, 5) is 33.6. The van der Waals surface area contributed by atoms with E-state index in [-0.39, 0.29) is 23.7 Å². The molecule has 2 aromatic rings. The van der Waals surface area contributed by atoms with Crippen LogP contribution in [-0.4, -0.2) is 61.3 Å². The third kappa shape index (κ3) is 6.33. The van der Waals surface area contributed by atoms with Gasteiger partial charge in [0.1, 0.15) is 23.5 Å². The summed E-state index contributed by atoms with van der Waals surface area (Å²) in [6.07, 6.45) is 4.13. The van der Waals surface area contributed by atoms with Crippen molar-refractivity contribution in [3.63, 3.8) is 0 Å². The van der Waals surface area contributed by atoms with E-state index < -0.39 is 22.4 Å². The Morgan fingerprint density at radius 2 is 2.14 bits per heavy atom. The molecule has 0 saturated carbocycles. The van der Waals surface area contributed by atoms with Crippen molar-refractivity contribution in [2.75, 3.05) is 13.1 Å². The molecule has 2 aliphatic heterocycles. The van der Waals surface area contributed by atoms with Gasteiger partial charge in [-0.15, -0.1) is 0 Å². The molecule has 13 heteroatoms. The second-order valence-electron chi connectivity index (χ2n) is 10.2. The average molecular weight is 518 g/mol. The Morgan fingerprint density at radius 3 is 2.86 bits per heavy atom. The largest absolute Gasteiger partial charge is 0.474 e. The second kappa shape index (κ2) is 10.7. The Bertz CT molecular complexity index is 1190. The molecular formula is C24H32FN7O5. The number of pyridine rings is 1. The smallest absolute Gasteiger partial charge is 0.407 e. The number of hydrogen-bond acceptors (Lipinski definition) is 9. The first kappa shape index (κ1) is 26.3. The van der Waals surface area contributed by atoms with E-state index >= 15 is 0 Å². The fraction of sp³-hybridized carbons (Fsp3) is 0.583. The van der Waals surface area contributed by atoms with E-state index in [1.807, 2.05) is 6.92 Å². The lowest BCUT2D eigenvalue weighted by Gasteiger charge is -2.31. The lowest BCUT2D eigenvalue weighted by atomic mass is 10.1. The molecule has 0 aliphatic carbocycles. The number of aromatic nitrogens is 3. The summed E-state index contributed by atoms with van der Waals surface area (Å²) in [5.41, 5.74) is -0.127. The Morgan fingerprint density at radius 1 is 1.35 bits per heavy atom. The van der Waals surface area contributed by atoms with Crippen LogP contribution in [0.2, 0.25) is 0 Å². The van der Waals surface area contributed by atoms with Gasteiger partial charge in [0.25, 0.3) is 0 Å². The van der Waals surface area contributed by atoms with E-state index in [1.54, 1.807) is 20.8 Å². The Hall–Kier alpha value is -3.77. The standard InChI is InChI=1S/C24H32FN7O5/c1-15(7-9-26-23(33)37-24(2,3)4)36-22-17(12-16(25)13-27-22)18-6-5-10-30(18)20-8-11-31-21(29-20)19(14-28-31)32(34)35/h12-15,18H,5-11H2,1-4H3,(H,26,33)/t15-,18+/m0/s1. The predicted molar refractivity (Wildman–Crippen MR) is 132 cm³/mol. The highest BCUT2D eigenvalue weighted by Crippen LogP contribution is 2.39. The van der Waals surface area contributed by atoms with E-state index in [0.29, 0.717) is 49.8 Å². The summed E-state index contributed by atoms with van der Waals surface area (Å²) in [5, 5.41) is 18.1. The third-order valence-electron chi connectivity index (χ3n) is 6.09. The van der Waals surface area contributed by atoms with Crippen molar-refractivity contribution >= 4 is 23.4 Å². The number of likely N-dealkylation sites (tertiary alicyclic amines) is 1. The number of halogens is 1. The minimum absolute atomic E-state index is 0.141. The molecule has 2 aromatic heterocycles. The molecule has 1 fully saturated rings. The molecule has 0 bridgehead atoms. The molecule has 37 heavy (non-hydrogen) atoms. The highest BCUT2D eigenvalue weighted by Gasteiger charge is 2.34. The minimum Gasteiger partial charge on any atom is -0.474 e. The number of hydrogen-bond donors (Lipinski definition) is 1. The molecule has 1 N–H and O–H groups in total. The Labute approximate surface area is 214 Å². The second-order valence-corrected chi connectivity index (χ2v) is 10.2. The van der Waals surface area contributed by atoms with Crippen LogP contribution in [0.15, 0.2) is 23.5 Å². The highest BCUT2D eigenvalue weighted by atomic mass is 19.1. The number of fused-ring (bicyclic) bond motifs is 1. The molecule has 0 radical (unpaired) electrons. The zero-order valence-corrected chi connectivity index (χ0v) is 21.4. The summed E-state index contributed by atoms with van der Waals surface area (Å²) in [6, 6.07) is 1.19. The van der Waals surface area contributed by atoms with Gasteiger partial charge >= 0.3 is 11.8 Å². The fourth-order valence-corrected chi connectivity index (χ4v) is 4.49. The third-order valence-corrected chi connectivity index (χ3v) is 6.09. The molecule has 0 spiro atoms. The number of carbonyl (C=O) groups excluding carboxylic acids is 1. The number of carbonyl (C=O) groups is 1. The van der Waals surface area contributed by atoms with Crippen LogP contribution in [0.25, 0.3) is 0 Å². The molecule has 4 heterocycles. The number of nitrogens with zero attached hydrogens (tertiary/aromatic N) is 6. The van der Waals surface area contributed by atoms with Gasteiger partial charge in [-0.2, -0.15) is 5.10 Å². The fourth-order valence-electron chi connectivity index (χ4n) is 4.49. The van der Waals surface area contributed by atoms with E-state index in [0.717, 1.165) is 19.0 Å². The number of aryl methyl sites for hydroxylation is 1. The molecule has 0 aromatic carbocycles. The van der Waals surface area contributed by atoms with E-state index in [2.05, 4.69) is 25.3 Å². The normalized spacial score (nSPS) is 18.1. The summed E-state index contributed by atoms with van der Waals surface area (Å²) in [6.45, 7) is 8.71. The van der Waals surface area contributed by atoms with Crippen molar-refractivity contribution in [1.82, 2.24) is 25.0 Å². The van der Waals surface area contributed by atoms with Gasteiger partial charge in [0.15, 0.2) is 0 Å². The topological polar surface area (TPSA) is 137 Å². The maximum absolute atomic E-state index is 14.3. The number of nitrogens with one attached hydrogen (secondary N) is 1. The number of ether oxygens (including phenoxy) is 2. The van der Waals surface area contributed by atoms with Crippen molar-refractivity contribution in [2.24, 2.45) is 4.99 Å². The lowest BCUT2D eigenvalue weighted by molar-refractivity contribution is -0.384. The van der Waals surface area contributed by atoms with Crippen molar-refractivity contribution in [3.8, 4) is 5.88 Å². The maximum atomic E-state index is 14.3. The molecule has 1 amide bonds. The van der Waals surface area contributed by atoms with Crippen LogP contribution in [0.4, 0.5) is 20.7 Å². The predicted octanol–water partition coefficient (Wildman–Crippen LogP) is 4.28. The summed E-state index contributed by atoms with van der Waals surface area (Å²) in [7, 11) is 0. The van der Waals surface area contributed by atoms with Crippen LogP contribution in [0.3, 0.4) is 0 Å². The van der Waals surface area contributed by atoms with Gasteiger partial charge in [0.2, 0.25) is 11.7 Å². The van der Waals surface area contributed by atoms with Gasteiger partial charge in [-0.1, -0.05) is 0 Å². The van der Waals surface area contributed by atoms with Crippen LogP contribution in [0, 0.1) is 15.9 Å². The molecule has 4 rings (SSSR count). The minimum atomic E-state index is -0.584. The molecule has 200 valence electrons. The van der Waals surface area contributed by atoms with Crippen molar-refractivity contribution < 1.29 is 23.6 Å². The molecule has 12 nitrogen and oxygen atoms in total. The first-order chi connectivity index (χ1) is 17.5. The van der Waals surface area contributed by atoms with Gasteiger partial charge < -0.3 is 19.7 Å². The van der Waals surface area contributed by atoms with Crippen LogP contribution >= 0.6 is 0 Å². The van der Waals surface area contributed by atoms with Gasteiger partial charge in [-0.25, -0.2) is 23.8 Å². The molecule has 2 atom stereocenters. The maximum Gasteiger partial charge on any atom is 0.407 e. The summed E-state index contributed by atoms with van der Waals surface area (Å²) < 4.78 is 27.2.